The first-order valence-electron chi connectivity index (χ1n) is 7.66. The molecule has 3 N–H and O–H groups in total. The van der Waals surface area contributed by atoms with E-state index in [9.17, 15) is 4.79 Å². The molecule has 6 heteroatoms. The fourth-order valence-electron chi connectivity index (χ4n) is 3.46. The van der Waals surface area contributed by atoms with Gasteiger partial charge in [-0.2, -0.15) is 0 Å². The number of aryl methyl sites for hydroxylation is 1. The summed E-state index contributed by atoms with van der Waals surface area (Å²) >= 11 is 5.50. The number of nitrogens with zero attached hydrogens (tertiary/aromatic N) is 1. The summed E-state index contributed by atoms with van der Waals surface area (Å²) in [7, 11) is 0. The molecule has 1 aromatic rings. The predicted octanol–water partition coefficient (Wildman–Crippen LogP) is 2.43. The maximum Gasteiger partial charge on any atom is 0.231 e. The van der Waals surface area contributed by atoms with Crippen molar-refractivity contribution >= 4 is 33.2 Å². The number of nitrogens with one attached hydrogen (secondary N) is 1. The molecule has 21 heavy (non-hydrogen) atoms. The van der Waals surface area contributed by atoms with Gasteiger partial charge < -0.3 is 11.1 Å². The van der Waals surface area contributed by atoms with Gasteiger partial charge in [0.15, 0.2) is 0 Å². The van der Waals surface area contributed by atoms with E-state index in [2.05, 4.69) is 32.2 Å². The van der Waals surface area contributed by atoms with Crippen molar-refractivity contribution in [1.82, 2.24) is 10.2 Å². The number of carbonyl (C=O) groups excluding carboxylic acids is 1. The molecule has 4 nitrogen and oxygen atoms in total. The minimum Gasteiger partial charge on any atom is -0.369 e. The number of piperidine rings is 1. The molecule has 0 radical (unpaired) electrons. The fraction of sp³-hybridized carbons (Fsp3) is 0.667. The second-order valence-corrected chi connectivity index (χ2v) is 8.57. The lowest BCUT2D eigenvalue weighted by molar-refractivity contribution is -0.119. The summed E-state index contributed by atoms with van der Waals surface area (Å²) in [5, 5.41) is 3.84. The van der Waals surface area contributed by atoms with Crippen molar-refractivity contribution in [2.75, 3.05) is 19.6 Å². The normalized spacial score (nSPS) is 24.0. The number of thiophene rings is 1. The molecule has 0 saturated carbocycles. The summed E-state index contributed by atoms with van der Waals surface area (Å²) in [6.45, 7) is 2.33. The van der Waals surface area contributed by atoms with Gasteiger partial charge in [0.2, 0.25) is 5.91 Å². The monoisotopic (exact) mass is 371 g/mol. The smallest absolute Gasteiger partial charge is 0.231 e. The Morgan fingerprint density at radius 1 is 1.43 bits per heavy atom. The summed E-state index contributed by atoms with van der Waals surface area (Å²) in [5.74, 6) is -0.221. The average Bonchev–Trinajstić information content (AvgIpc) is 2.82. The Balaban J connectivity index is 1.55. The second kappa shape index (κ2) is 6.77. The highest BCUT2D eigenvalue weighted by atomic mass is 79.9. The highest BCUT2D eigenvalue weighted by Crippen LogP contribution is 2.38. The molecule has 1 saturated heterocycles. The summed E-state index contributed by atoms with van der Waals surface area (Å²) in [5.41, 5.74) is 6.76. The molecule has 0 aromatic carbocycles. The molecular weight excluding hydrogens is 350 g/mol. The maximum atomic E-state index is 11.0. The summed E-state index contributed by atoms with van der Waals surface area (Å²) in [6, 6.07) is 3.35. The molecule has 1 aromatic heterocycles. The van der Waals surface area contributed by atoms with Crippen molar-refractivity contribution in [1.29, 1.82) is 0 Å². The van der Waals surface area contributed by atoms with Crippen LogP contribution in [0.2, 0.25) is 0 Å². The molecule has 1 unspecified atom stereocenters. The van der Waals surface area contributed by atoms with E-state index in [1.807, 2.05) is 11.3 Å². The Bertz CT molecular complexity index is 511. The standard InChI is InChI=1S/C15H22BrN3OS/c16-14-8-11-12(2-1-3-13(11)21-14)18-10-4-6-19(7-5-10)9-15(17)20/h8,10,12,18H,1-7,9H2,(H2,17,20). The molecule has 1 amide bonds. The number of halogens is 1. The lowest BCUT2D eigenvalue weighted by atomic mass is 9.92. The van der Waals surface area contributed by atoms with Crippen molar-refractivity contribution in [2.45, 2.75) is 44.2 Å². The van der Waals surface area contributed by atoms with E-state index in [0.717, 1.165) is 25.9 Å². The number of nitrogens with two attached hydrogens (primary N) is 1. The Kier molecular flexibility index (Phi) is 4.99. The third-order valence-electron chi connectivity index (χ3n) is 4.49. The topological polar surface area (TPSA) is 58.4 Å². The number of likely N-dealkylation sites (tertiary alicyclic amines) is 1. The number of carbonyl (C=O) groups is 1. The molecule has 116 valence electrons. The van der Waals surface area contributed by atoms with E-state index in [1.54, 1.807) is 0 Å². The zero-order valence-corrected chi connectivity index (χ0v) is 14.5. The molecule has 1 fully saturated rings. The number of hydrogen-bond donors (Lipinski definition) is 2. The van der Waals surface area contributed by atoms with Crippen LogP contribution in [0.25, 0.3) is 0 Å². The highest BCUT2D eigenvalue weighted by Gasteiger charge is 2.27. The molecule has 2 aliphatic rings. The Labute approximate surface area is 138 Å². The van der Waals surface area contributed by atoms with Crippen LogP contribution in [0.15, 0.2) is 9.85 Å². The molecule has 0 spiro atoms. The zero-order chi connectivity index (χ0) is 14.8. The average molecular weight is 372 g/mol. The number of primary amides is 1. The predicted molar refractivity (Wildman–Crippen MR) is 89.5 cm³/mol. The van der Waals surface area contributed by atoms with Gasteiger partial charge in [-0.05, 0) is 59.7 Å². The van der Waals surface area contributed by atoms with E-state index in [1.165, 1.54) is 33.5 Å². The van der Waals surface area contributed by atoms with Crippen LogP contribution in [0, 0.1) is 0 Å². The minimum atomic E-state index is -0.221. The minimum absolute atomic E-state index is 0.221. The molecule has 1 aliphatic heterocycles. The van der Waals surface area contributed by atoms with Gasteiger partial charge in [0, 0.05) is 30.1 Å². The SMILES string of the molecule is NC(=O)CN1CCC(NC2CCCc3sc(Br)cc32)CC1. The van der Waals surface area contributed by atoms with Crippen molar-refractivity contribution in [3.8, 4) is 0 Å². The van der Waals surface area contributed by atoms with Crippen LogP contribution in [0.1, 0.15) is 42.2 Å². The summed E-state index contributed by atoms with van der Waals surface area (Å²) in [6.07, 6.45) is 5.94. The van der Waals surface area contributed by atoms with Crippen molar-refractivity contribution in [3.63, 3.8) is 0 Å². The van der Waals surface area contributed by atoms with Crippen molar-refractivity contribution in [3.05, 3.63) is 20.3 Å². The van der Waals surface area contributed by atoms with Gasteiger partial charge >= 0.3 is 0 Å². The van der Waals surface area contributed by atoms with Gasteiger partial charge in [0.25, 0.3) is 0 Å². The third kappa shape index (κ3) is 3.86. The van der Waals surface area contributed by atoms with Crippen LogP contribution in [0.5, 0.6) is 0 Å². The summed E-state index contributed by atoms with van der Waals surface area (Å²) < 4.78 is 1.25. The molecular formula is C15H22BrN3OS. The van der Waals surface area contributed by atoms with Gasteiger partial charge in [0.1, 0.15) is 0 Å². The lowest BCUT2D eigenvalue weighted by Gasteiger charge is -2.35. The number of amides is 1. The van der Waals surface area contributed by atoms with Crippen LogP contribution in [-0.4, -0.2) is 36.5 Å². The van der Waals surface area contributed by atoms with Gasteiger partial charge in [-0.1, -0.05) is 0 Å². The largest absolute Gasteiger partial charge is 0.369 e. The first kappa shape index (κ1) is 15.5. The second-order valence-electron chi connectivity index (χ2n) is 6.06. The van der Waals surface area contributed by atoms with E-state index in [0.29, 0.717) is 18.6 Å². The van der Waals surface area contributed by atoms with Crippen LogP contribution in [0.4, 0.5) is 0 Å². The van der Waals surface area contributed by atoms with E-state index >= 15 is 0 Å². The van der Waals surface area contributed by atoms with Crippen molar-refractivity contribution < 1.29 is 4.79 Å². The van der Waals surface area contributed by atoms with Crippen LogP contribution >= 0.6 is 27.3 Å². The zero-order valence-electron chi connectivity index (χ0n) is 12.1. The fourth-order valence-corrected chi connectivity index (χ4v) is 5.28. The molecule has 3 rings (SSSR count). The number of hydrogen-bond acceptors (Lipinski definition) is 4. The van der Waals surface area contributed by atoms with E-state index < -0.39 is 0 Å². The van der Waals surface area contributed by atoms with Gasteiger partial charge in [-0.25, -0.2) is 0 Å². The van der Waals surface area contributed by atoms with Crippen LogP contribution in [-0.2, 0) is 11.2 Å². The van der Waals surface area contributed by atoms with Gasteiger partial charge in [-0.3, -0.25) is 9.69 Å². The first-order chi connectivity index (χ1) is 10.1. The molecule has 0 bridgehead atoms. The van der Waals surface area contributed by atoms with E-state index in [4.69, 9.17) is 5.73 Å². The number of rotatable bonds is 4. The first-order valence-corrected chi connectivity index (χ1v) is 9.27. The van der Waals surface area contributed by atoms with Crippen LogP contribution in [0.3, 0.4) is 0 Å². The maximum absolute atomic E-state index is 11.0. The number of fused-ring (bicyclic) bond motifs is 1. The Morgan fingerprint density at radius 3 is 2.90 bits per heavy atom. The Morgan fingerprint density at radius 2 is 2.19 bits per heavy atom. The van der Waals surface area contributed by atoms with E-state index in [-0.39, 0.29) is 5.91 Å². The summed E-state index contributed by atoms with van der Waals surface area (Å²) in [4.78, 5) is 14.7. The van der Waals surface area contributed by atoms with Crippen LogP contribution < -0.4 is 11.1 Å². The Hall–Kier alpha value is -0.430. The van der Waals surface area contributed by atoms with Gasteiger partial charge in [0.05, 0.1) is 10.3 Å². The molecule has 1 aliphatic carbocycles. The van der Waals surface area contributed by atoms with Gasteiger partial charge in [-0.15, -0.1) is 11.3 Å². The lowest BCUT2D eigenvalue weighted by Crippen LogP contribution is -2.46. The quantitative estimate of drug-likeness (QED) is 0.854. The highest BCUT2D eigenvalue weighted by molar-refractivity contribution is 9.11. The molecule has 1 atom stereocenters. The third-order valence-corrected chi connectivity index (χ3v) is 6.20. The molecule has 2 heterocycles. The van der Waals surface area contributed by atoms with Crippen molar-refractivity contribution in [2.24, 2.45) is 5.73 Å².